The Labute approximate surface area is 128 Å². The average Bonchev–Trinajstić information content (AvgIpc) is 2.46. The summed E-state index contributed by atoms with van der Waals surface area (Å²) in [6.07, 6.45) is 6.64. The van der Waals surface area contributed by atoms with Gasteiger partial charge in [0, 0.05) is 0 Å². The van der Waals surface area contributed by atoms with Gasteiger partial charge in [0.2, 0.25) is 0 Å². The number of unbranched alkanes of at least 4 members (excludes halogenated alkanes) is 1. The van der Waals surface area contributed by atoms with Crippen LogP contribution < -0.4 is 0 Å². The summed E-state index contributed by atoms with van der Waals surface area (Å²) in [4.78, 5) is 23.9. The largest absolute Gasteiger partial charge is 0.480 e. The second kappa shape index (κ2) is 10.4. The van der Waals surface area contributed by atoms with E-state index in [4.69, 9.17) is 4.74 Å². The predicted octanol–water partition coefficient (Wildman–Crippen LogP) is 4.19. The lowest BCUT2D eigenvalue weighted by Gasteiger charge is -2.26. The molecule has 0 aromatic carbocycles. The van der Waals surface area contributed by atoms with Crippen LogP contribution in [0.25, 0.3) is 0 Å². The van der Waals surface area contributed by atoms with E-state index in [1.165, 1.54) is 6.08 Å². The molecule has 21 heavy (non-hydrogen) atoms. The standard InChI is InChI=1S/C17H30O4/c1-5-9-10-14(8-4)13-21-16(20)17(11-6-2,12-7-3)15(18)19/h6,14H,2,5,7-13H2,1,3-4H3,(H,18,19). The Morgan fingerprint density at radius 2 is 1.95 bits per heavy atom. The van der Waals surface area contributed by atoms with Crippen LogP contribution >= 0.6 is 0 Å². The predicted molar refractivity (Wildman–Crippen MR) is 84.1 cm³/mol. The Kier molecular flexibility index (Phi) is 9.76. The summed E-state index contributed by atoms with van der Waals surface area (Å²) >= 11 is 0. The van der Waals surface area contributed by atoms with E-state index in [1.807, 2.05) is 6.92 Å². The van der Waals surface area contributed by atoms with Gasteiger partial charge in [0.25, 0.3) is 0 Å². The van der Waals surface area contributed by atoms with E-state index in [0.29, 0.717) is 18.9 Å². The highest BCUT2D eigenvalue weighted by Gasteiger charge is 2.46. The minimum atomic E-state index is -1.47. The molecule has 1 N–H and O–H groups in total. The maximum absolute atomic E-state index is 12.3. The number of esters is 1. The lowest BCUT2D eigenvalue weighted by molar-refractivity contribution is -0.170. The molecule has 0 heterocycles. The van der Waals surface area contributed by atoms with Gasteiger partial charge in [-0.15, -0.1) is 6.58 Å². The Balaban J connectivity index is 4.80. The van der Waals surface area contributed by atoms with Gasteiger partial charge in [-0.25, -0.2) is 0 Å². The molecule has 0 aromatic rings. The molecule has 0 radical (unpaired) electrons. The summed E-state index contributed by atoms with van der Waals surface area (Å²) in [6, 6.07) is 0. The molecule has 0 fully saturated rings. The molecule has 0 aliphatic carbocycles. The Hall–Kier alpha value is -1.32. The molecule has 0 amide bonds. The second-order valence-corrected chi connectivity index (χ2v) is 5.65. The molecule has 0 spiro atoms. The van der Waals surface area contributed by atoms with Crippen molar-refractivity contribution in [1.29, 1.82) is 0 Å². The Morgan fingerprint density at radius 3 is 2.38 bits per heavy atom. The minimum absolute atomic E-state index is 0.112. The summed E-state index contributed by atoms with van der Waals surface area (Å²) in [5, 5.41) is 9.47. The molecule has 122 valence electrons. The van der Waals surface area contributed by atoms with Gasteiger partial charge in [0.15, 0.2) is 5.41 Å². The SMILES string of the molecule is C=CCC(CCC)(C(=O)O)C(=O)OCC(CC)CCCC. The van der Waals surface area contributed by atoms with Crippen molar-refractivity contribution in [3.05, 3.63) is 12.7 Å². The van der Waals surface area contributed by atoms with Crippen molar-refractivity contribution in [3.8, 4) is 0 Å². The van der Waals surface area contributed by atoms with Crippen LogP contribution in [0.4, 0.5) is 0 Å². The van der Waals surface area contributed by atoms with E-state index in [2.05, 4.69) is 20.4 Å². The zero-order valence-electron chi connectivity index (χ0n) is 13.7. The fourth-order valence-corrected chi connectivity index (χ4v) is 2.47. The molecule has 0 aromatic heterocycles. The molecule has 0 bridgehead atoms. The molecule has 0 saturated carbocycles. The van der Waals surface area contributed by atoms with Crippen LogP contribution in [0.1, 0.15) is 65.7 Å². The molecule has 4 nitrogen and oxygen atoms in total. The van der Waals surface area contributed by atoms with Gasteiger partial charge in [0.05, 0.1) is 6.61 Å². The smallest absolute Gasteiger partial charge is 0.323 e. The maximum atomic E-state index is 12.3. The van der Waals surface area contributed by atoms with E-state index in [1.54, 1.807) is 0 Å². The molecule has 2 unspecified atom stereocenters. The summed E-state index contributed by atoms with van der Waals surface area (Å²) in [5.41, 5.74) is -1.47. The van der Waals surface area contributed by atoms with E-state index >= 15 is 0 Å². The normalized spacial score (nSPS) is 15.0. The van der Waals surface area contributed by atoms with E-state index in [9.17, 15) is 14.7 Å². The van der Waals surface area contributed by atoms with Crippen molar-refractivity contribution < 1.29 is 19.4 Å². The van der Waals surface area contributed by atoms with Crippen molar-refractivity contribution in [2.24, 2.45) is 11.3 Å². The summed E-state index contributed by atoms with van der Waals surface area (Å²) in [7, 11) is 0. The van der Waals surface area contributed by atoms with Gasteiger partial charge >= 0.3 is 11.9 Å². The van der Waals surface area contributed by atoms with Crippen molar-refractivity contribution in [2.75, 3.05) is 6.61 Å². The zero-order chi connectivity index (χ0) is 16.3. The zero-order valence-corrected chi connectivity index (χ0v) is 13.7. The molecule has 0 aliphatic heterocycles. The molecule has 0 rings (SSSR count). The van der Waals surface area contributed by atoms with E-state index in [0.717, 1.165) is 25.7 Å². The summed E-state index contributed by atoms with van der Waals surface area (Å²) < 4.78 is 5.36. The monoisotopic (exact) mass is 298 g/mol. The van der Waals surface area contributed by atoms with Crippen LogP contribution in [0.15, 0.2) is 12.7 Å². The fourth-order valence-electron chi connectivity index (χ4n) is 2.47. The van der Waals surface area contributed by atoms with Crippen molar-refractivity contribution in [2.45, 2.75) is 65.7 Å². The third kappa shape index (κ3) is 5.90. The first-order chi connectivity index (χ1) is 9.98. The molecule has 2 atom stereocenters. The molecule has 0 aliphatic rings. The molecular formula is C17H30O4. The quantitative estimate of drug-likeness (QED) is 0.333. The van der Waals surface area contributed by atoms with Crippen LogP contribution in [-0.4, -0.2) is 23.7 Å². The highest BCUT2D eigenvalue weighted by molar-refractivity contribution is 5.99. The first kappa shape index (κ1) is 19.7. The number of aliphatic carboxylic acids is 1. The second-order valence-electron chi connectivity index (χ2n) is 5.65. The number of carboxylic acids is 1. The number of carbonyl (C=O) groups is 2. The van der Waals surface area contributed by atoms with Crippen LogP contribution in [-0.2, 0) is 14.3 Å². The Bertz CT molecular complexity index is 338. The number of carboxylic acid groups (broad SMARTS) is 1. The highest BCUT2D eigenvalue weighted by atomic mass is 16.5. The van der Waals surface area contributed by atoms with Gasteiger partial charge in [-0.3, -0.25) is 9.59 Å². The number of carbonyl (C=O) groups excluding carboxylic acids is 1. The Morgan fingerprint density at radius 1 is 1.29 bits per heavy atom. The number of allylic oxidation sites excluding steroid dienone is 1. The molecule has 0 saturated heterocycles. The van der Waals surface area contributed by atoms with Gasteiger partial charge in [0.1, 0.15) is 0 Å². The van der Waals surface area contributed by atoms with Crippen molar-refractivity contribution in [1.82, 2.24) is 0 Å². The first-order valence-electron chi connectivity index (χ1n) is 7.99. The van der Waals surface area contributed by atoms with E-state index < -0.39 is 17.4 Å². The summed E-state index contributed by atoms with van der Waals surface area (Å²) in [6.45, 7) is 9.94. The van der Waals surface area contributed by atoms with Crippen molar-refractivity contribution >= 4 is 11.9 Å². The lowest BCUT2D eigenvalue weighted by Crippen LogP contribution is -2.41. The fraction of sp³-hybridized carbons (Fsp3) is 0.765. The van der Waals surface area contributed by atoms with Gasteiger partial charge in [-0.2, -0.15) is 0 Å². The van der Waals surface area contributed by atoms with Gasteiger partial charge < -0.3 is 9.84 Å². The van der Waals surface area contributed by atoms with Gasteiger partial charge in [-0.05, 0) is 25.2 Å². The number of hydrogen-bond donors (Lipinski definition) is 1. The first-order valence-corrected chi connectivity index (χ1v) is 7.99. The third-order valence-electron chi connectivity index (χ3n) is 3.96. The number of hydrogen-bond acceptors (Lipinski definition) is 3. The molecular weight excluding hydrogens is 268 g/mol. The lowest BCUT2D eigenvalue weighted by atomic mass is 9.80. The third-order valence-corrected chi connectivity index (χ3v) is 3.96. The maximum Gasteiger partial charge on any atom is 0.323 e. The molecule has 4 heteroatoms. The number of rotatable bonds is 12. The van der Waals surface area contributed by atoms with Crippen LogP contribution in [0.5, 0.6) is 0 Å². The average molecular weight is 298 g/mol. The minimum Gasteiger partial charge on any atom is -0.480 e. The van der Waals surface area contributed by atoms with Crippen LogP contribution in [0.2, 0.25) is 0 Å². The van der Waals surface area contributed by atoms with Gasteiger partial charge in [-0.1, -0.05) is 52.5 Å². The van der Waals surface area contributed by atoms with Crippen molar-refractivity contribution in [3.63, 3.8) is 0 Å². The number of ether oxygens (including phenoxy) is 1. The van der Waals surface area contributed by atoms with Crippen LogP contribution in [0, 0.1) is 11.3 Å². The van der Waals surface area contributed by atoms with E-state index in [-0.39, 0.29) is 12.8 Å². The summed E-state index contributed by atoms with van der Waals surface area (Å²) in [5.74, 6) is -1.42. The van der Waals surface area contributed by atoms with Crippen LogP contribution in [0.3, 0.4) is 0 Å². The topological polar surface area (TPSA) is 63.6 Å². The highest BCUT2D eigenvalue weighted by Crippen LogP contribution is 2.31.